The van der Waals surface area contributed by atoms with Gasteiger partial charge >= 0.3 is 6.09 Å². The Bertz CT molecular complexity index is 549. The summed E-state index contributed by atoms with van der Waals surface area (Å²) in [5.74, 6) is -1.09. The summed E-state index contributed by atoms with van der Waals surface area (Å²) in [5.41, 5.74) is 5.04. The average Bonchev–Trinajstić information content (AvgIpc) is 2.33. The lowest BCUT2D eigenvalue weighted by Gasteiger charge is -2.19. The second kappa shape index (κ2) is 6.74. The van der Waals surface area contributed by atoms with Crippen LogP contribution in [0, 0.1) is 0 Å². The molecule has 0 saturated carbocycles. The third-order valence-corrected chi connectivity index (χ3v) is 2.19. The maximum absolute atomic E-state index is 11.8. The molecule has 1 rings (SSSR count). The van der Waals surface area contributed by atoms with Gasteiger partial charge in [0.15, 0.2) is 0 Å². The van der Waals surface area contributed by atoms with Gasteiger partial charge in [-0.2, -0.15) is 0 Å². The molecule has 0 saturated heterocycles. The van der Waals surface area contributed by atoms with E-state index in [9.17, 15) is 14.4 Å². The Morgan fingerprint density at radius 3 is 2.48 bits per heavy atom. The first-order valence-corrected chi connectivity index (χ1v) is 6.34. The van der Waals surface area contributed by atoms with Crippen molar-refractivity contribution < 1.29 is 19.1 Å². The molecule has 1 aromatic rings. The molecule has 0 unspecified atom stereocenters. The Labute approximate surface area is 122 Å². The number of nitrogens with two attached hydrogens (primary N) is 1. The average molecular weight is 293 g/mol. The van der Waals surface area contributed by atoms with Gasteiger partial charge < -0.3 is 15.8 Å². The summed E-state index contributed by atoms with van der Waals surface area (Å²) >= 11 is 0. The second-order valence-corrected chi connectivity index (χ2v) is 5.36. The fourth-order valence-corrected chi connectivity index (χ4v) is 1.43. The molecule has 0 spiro atoms. The maximum Gasteiger partial charge on any atom is 0.412 e. The van der Waals surface area contributed by atoms with E-state index in [-0.39, 0.29) is 6.54 Å². The molecular formula is C14H19N3O4. The molecule has 4 N–H and O–H groups in total. The first-order valence-electron chi connectivity index (χ1n) is 6.34. The third-order valence-electron chi connectivity index (χ3n) is 2.19. The molecule has 0 aromatic heterocycles. The third kappa shape index (κ3) is 6.42. The molecule has 3 amide bonds. The number of carbonyl (C=O) groups excluding carboxylic acids is 3. The van der Waals surface area contributed by atoms with E-state index in [4.69, 9.17) is 10.5 Å². The molecular weight excluding hydrogens is 274 g/mol. The van der Waals surface area contributed by atoms with Gasteiger partial charge in [0.05, 0.1) is 6.54 Å². The zero-order valence-corrected chi connectivity index (χ0v) is 12.2. The van der Waals surface area contributed by atoms with Crippen LogP contribution in [0.2, 0.25) is 0 Å². The highest BCUT2D eigenvalue weighted by atomic mass is 16.6. The summed E-state index contributed by atoms with van der Waals surface area (Å²) in [6.07, 6.45) is -0.614. The number of hydrogen-bond donors (Lipinski definition) is 3. The quantitative estimate of drug-likeness (QED) is 0.775. The molecule has 0 atom stereocenters. The molecule has 0 aliphatic rings. The molecule has 21 heavy (non-hydrogen) atoms. The predicted octanol–water partition coefficient (Wildman–Crippen LogP) is 1.25. The summed E-state index contributed by atoms with van der Waals surface area (Å²) in [6.45, 7) is 5.00. The molecule has 0 aliphatic carbocycles. The van der Waals surface area contributed by atoms with Crippen LogP contribution >= 0.6 is 0 Å². The van der Waals surface area contributed by atoms with Crippen LogP contribution in [0.3, 0.4) is 0 Å². The lowest BCUT2D eigenvalue weighted by atomic mass is 10.2. The van der Waals surface area contributed by atoms with Crippen LogP contribution in [0.1, 0.15) is 31.1 Å². The van der Waals surface area contributed by atoms with Crippen LogP contribution in [0.15, 0.2) is 24.3 Å². The summed E-state index contributed by atoms with van der Waals surface area (Å²) in [6, 6.07) is 6.25. The van der Waals surface area contributed by atoms with Crippen LogP contribution in [0.25, 0.3) is 0 Å². The fraction of sp³-hybridized carbons (Fsp3) is 0.357. The van der Waals surface area contributed by atoms with E-state index in [0.717, 1.165) is 0 Å². The largest absolute Gasteiger partial charge is 0.444 e. The molecule has 0 fully saturated rings. The predicted molar refractivity (Wildman–Crippen MR) is 77.8 cm³/mol. The number of primary amides is 1. The smallest absolute Gasteiger partial charge is 0.412 e. The van der Waals surface area contributed by atoms with Gasteiger partial charge in [-0.3, -0.25) is 14.9 Å². The van der Waals surface area contributed by atoms with E-state index in [0.29, 0.717) is 11.3 Å². The van der Waals surface area contributed by atoms with Crippen molar-refractivity contribution in [3.8, 4) is 0 Å². The first-order chi connectivity index (χ1) is 9.67. The number of nitrogens with one attached hydrogen (secondary N) is 2. The summed E-state index contributed by atoms with van der Waals surface area (Å²) < 4.78 is 5.11. The molecule has 7 heteroatoms. The summed E-state index contributed by atoms with van der Waals surface area (Å²) in [5, 5.41) is 4.89. The number of benzene rings is 1. The molecule has 7 nitrogen and oxygen atoms in total. The maximum atomic E-state index is 11.8. The second-order valence-electron chi connectivity index (χ2n) is 5.36. The molecule has 1 aromatic carbocycles. The minimum atomic E-state index is -0.633. The van der Waals surface area contributed by atoms with Crippen LogP contribution in [0.4, 0.5) is 10.5 Å². The standard InChI is InChI=1S/C14H19N3O4/c1-14(2,3)21-13(20)17-10-6-4-5-9(7-10)12(19)16-8-11(15)18/h4-7H,8H2,1-3H3,(H2,15,18)(H,16,19)(H,17,20). The van der Waals surface area contributed by atoms with E-state index in [2.05, 4.69) is 10.6 Å². The molecule has 114 valence electrons. The first kappa shape index (κ1) is 16.5. The van der Waals surface area contributed by atoms with Crippen molar-refractivity contribution in [2.24, 2.45) is 5.73 Å². The van der Waals surface area contributed by atoms with Crippen molar-refractivity contribution in [3.05, 3.63) is 29.8 Å². The normalized spacial score (nSPS) is 10.6. The zero-order valence-electron chi connectivity index (χ0n) is 12.2. The van der Waals surface area contributed by atoms with Crippen LogP contribution in [-0.2, 0) is 9.53 Å². The zero-order chi connectivity index (χ0) is 16.0. The monoisotopic (exact) mass is 293 g/mol. The van der Waals surface area contributed by atoms with E-state index >= 15 is 0 Å². The van der Waals surface area contributed by atoms with E-state index in [1.54, 1.807) is 39.0 Å². The van der Waals surface area contributed by atoms with Gasteiger partial charge in [0.2, 0.25) is 5.91 Å². The minimum absolute atomic E-state index is 0.247. The number of rotatable bonds is 4. The lowest BCUT2D eigenvalue weighted by Crippen LogP contribution is -2.33. The Morgan fingerprint density at radius 1 is 1.24 bits per heavy atom. The minimum Gasteiger partial charge on any atom is -0.444 e. The lowest BCUT2D eigenvalue weighted by molar-refractivity contribution is -0.117. The highest BCUT2D eigenvalue weighted by Gasteiger charge is 2.16. The van der Waals surface area contributed by atoms with Crippen molar-refractivity contribution in [2.45, 2.75) is 26.4 Å². The van der Waals surface area contributed by atoms with E-state index < -0.39 is 23.5 Å². The van der Waals surface area contributed by atoms with Crippen molar-refractivity contribution in [3.63, 3.8) is 0 Å². The number of carbonyl (C=O) groups is 3. The van der Waals surface area contributed by atoms with Crippen LogP contribution in [0.5, 0.6) is 0 Å². The van der Waals surface area contributed by atoms with Gasteiger partial charge in [0.25, 0.3) is 5.91 Å². The van der Waals surface area contributed by atoms with Crippen molar-refractivity contribution in [2.75, 3.05) is 11.9 Å². The Morgan fingerprint density at radius 2 is 1.90 bits per heavy atom. The van der Waals surface area contributed by atoms with E-state index in [1.807, 2.05) is 0 Å². The molecule has 0 aliphatic heterocycles. The molecule has 0 bridgehead atoms. The number of amides is 3. The summed E-state index contributed by atoms with van der Waals surface area (Å²) in [7, 11) is 0. The highest BCUT2D eigenvalue weighted by molar-refractivity contribution is 5.97. The Balaban J connectivity index is 2.70. The van der Waals surface area contributed by atoms with E-state index in [1.165, 1.54) is 6.07 Å². The number of hydrogen-bond acceptors (Lipinski definition) is 4. The van der Waals surface area contributed by atoms with Crippen LogP contribution < -0.4 is 16.4 Å². The van der Waals surface area contributed by atoms with Crippen molar-refractivity contribution in [1.29, 1.82) is 0 Å². The SMILES string of the molecule is CC(C)(C)OC(=O)Nc1cccc(C(=O)NCC(N)=O)c1. The van der Waals surface area contributed by atoms with Gasteiger partial charge in [0, 0.05) is 11.3 Å². The Hall–Kier alpha value is -2.57. The van der Waals surface area contributed by atoms with Gasteiger partial charge in [-0.05, 0) is 39.0 Å². The number of anilines is 1. The summed E-state index contributed by atoms with van der Waals surface area (Å²) in [4.78, 5) is 34.0. The molecule has 0 heterocycles. The van der Waals surface area contributed by atoms with Gasteiger partial charge in [-0.15, -0.1) is 0 Å². The highest BCUT2D eigenvalue weighted by Crippen LogP contribution is 2.13. The van der Waals surface area contributed by atoms with Gasteiger partial charge in [-0.25, -0.2) is 4.79 Å². The van der Waals surface area contributed by atoms with Gasteiger partial charge in [-0.1, -0.05) is 6.07 Å². The number of ether oxygens (including phenoxy) is 1. The van der Waals surface area contributed by atoms with Gasteiger partial charge in [0.1, 0.15) is 5.60 Å². The topological polar surface area (TPSA) is 111 Å². The van der Waals surface area contributed by atoms with Crippen molar-refractivity contribution >= 4 is 23.6 Å². The fourth-order valence-electron chi connectivity index (χ4n) is 1.43. The van der Waals surface area contributed by atoms with Crippen LogP contribution in [-0.4, -0.2) is 30.1 Å². The Kier molecular flexibility index (Phi) is 5.29. The molecule has 0 radical (unpaired) electrons. The van der Waals surface area contributed by atoms with Crippen molar-refractivity contribution in [1.82, 2.24) is 5.32 Å².